The van der Waals surface area contributed by atoms with Crippen molar-refractivity contribution in [2.24, 2.45) is 11.8 Å². The first-order chi connectivity index (χ1) is 5.65. The molecule has 0 aromatic heterocycles. The molecule has 1 fully saturated rings. The zero-order valence-corrected chi connectivity index (χ0v) is 8.29. The van der Waals surface area contributed by atoms with E-state index in [1.807, 2.05) is 6.92 Å². The van der Waals surface area contributed by atoms with Crippen LogP contribution in [0.5, 0.6) is 0 Å². The van der Waals surface area contributed by atoms with E-state index < -0.39 is 0 Å². The van der Waals surface area contributed by atoms with Gasteiger partial charge in [0.25, 0.3) is 0 Å². The summed E-state index contributed by atoms with van der Waals surface area (Å²) in [5, 5.41) is 9.41. The van der Waals surface area contributed by atoms with Crippen LogP contribution in [0.1, 0.15) is 33.1 Å². The summed E-state index contributed by atoms with van der Waals surface area (Å²) >= 11 is 0. The van der Waals surface area contributed by atoms with Crippen molar-refractivity contribution in [3.05, 3.63) is 0 Å². The van der Waals surface area contributed by atoms with Gasteiger partial charge in [-0.15, -0.1) is 0 Å². The van der Waals surface area contributed by atoms with E-state index in [1.54, 1.807) is 7.11 Å². The summed E-state index contributed by atoms with van der Waals surface area (Å²) in [7, 11) is 1.78. The Morgan fingerprint density at radius 3 is 2.50 bits per heavy atom. The van der Waals surface area contributed by atoms with Crippen molar-refractivity contribution in [1.82, 2.24) is 0 Å². The van der Waals surface area contributed by atoms with Gasteiger partial charge in [0.2, 0.25) is 0 Å². The van der Waals surface area contributed by atoms with Crippen LogP contribution < -0.4 is 0 Å². The van der Waals surface area contributed by atoms with Crippen LogP contribution in [0.25, 0.3) is 0 Å². The maximum absolute atomic E-state index is 9.41. The first kappa shape index (κ1) is 10.0. The van der Waals surface area contributed by atoms with E-state index in [0.717, 1.165) is 19.3 Å². The summed E-state index contributed by atoms with van der Waals surface area (Å²) in [4.78, 5) is 0. The molecule has 1 aliphatic rings. The zero-order valence-electron chi connectivity index (χ0n) is 8.29. The number of hydrogen-bond donors (Lipinski definition) is 1. The van der Waals surface area contributed by atoms with Crippen LogP contribution in [-0.4, -0.2) is 24.4 Å². The highest BCUT2D eigenvalue weighted by Gasteiger charge is 2.29. The molecule has 1 saturated carbocycles. The molecule has 1 aliphatic carbocycles. The zero-order chi connectivity index (χ0) is 9.14. The molecule has 72 valence electrons. The average molecular weight is 172 g/mol. The minimum absolute atomic E-state index is 0.148. The maximum atomic E-state index is 9.41. The lowest BCUT2D eigenvalue weighted by molar-refractivity contribution is -0.0104. The lowest BCUT2D eigenvalue weighted by Crippen LogP contribution is -2.32. The third-order valence-electron chi connectivity index (χ3n) is 3.12. The van der Waals surface area contributed by atoms with Crippen LogP contribution in [0, 0.1) is 11.8 Å². The van der Waals surface area contributed by atoms with Gasteiger partial charge in [-0.1, -0.05) is 6.92 Å². The highest BCUT2D eigenvalue weighted by atomic mass is 16.5. The Morgan fingerprint density at radius 2 is 2.08 bits per heavy atom. The van der Waals surface area contributed by atoms with Gasteiger partial charge in [-0.2, -0.15) is 0 Å². The Kier molecular flexibility index (Phi) is 3.53. The van der Waals surface area contributed by atoms with E-state index in [9.17, 15) is 5.11 Å². The minimum Gasteiger partial charge on any atom is -0.393 e. The van der Waals surface area contributed by atoms with E-state index in [-0.39, 0.29) is 6.10 Å². The van der Waals surface area contributed by atoms with Crippen LogP contribution in [0.15, 0.2) is 0 Å². The van der Waals surface area contributed by atoms with Gasteiger partial charge >= 0.3 is 0 Å². The predicted molar refractivity (Wildman–Crippen MR) is 49.0 cm³/mol. The lowest BCUT2D eigenvalue weighted by Gasteiger charge is -2.34. The van der Waals surface area contributed by atoms with Crippen LogP contribution in [0.2, 0.25) is 0 Å². The second-order valence-corrected chi connectivity index (χ2v) is 4.07. The molecule has 0 amide bonds. The number of rotatable bonds is 2. The van der Waals surface area contributed by atoms with Crippen molar-refractivity contribution in [2.45, 2.75) is 45.3 Å². The van der Waals surface area contributed by atoms with E-state index in [0.29, 0.717) is 17.9 Å². The molecule has 4 unspecified atom stereocenters. The molecule has 0 radical (unpaired) electrons. The summed E-state index contributed by atoms with van der Waals surface area (Å²) in [5.74, 6) is 1.09. The molecule has 0 bridgehead atoms. The average Bonchev–Trinajstić information content (AvgIpc) is 2.04. The number of aliphatic hydroxyl groups is 1. The topological polar surface area (TPSA) is 29.5 Å². The van der Waals surface area contributed by atoms with E-state index in [2.05, 4.69) is 6.92 Å². The van der Waals surface area contributed by atoms with Gasteiger partial charge < -0.3 is 9.84 Å². The fourth-order valence-corrected chi connectivity index (χ4v) is 2.20. The smallest absolute Gasteiger partial charge is 0.0597 e. The highest BCUT2D eigenvalue weighted by molar-refractivity contribution is 4.80. The molecule has 4 atom stereocenters. The third kappa shape index (κ3) is 2.20. The van der Waals surface area contributed by atoms with Crippen LogP contribution in [0.3, 0.4) is 0 Å². The highest BCUT2D eigenvalue weighted by Crippen LogP contribution is 2.32. The van der Waals surface area contributed by atoms with E-state index >= 15 is 0 Å². The summed E-state index contributed by atoms with van der Waals surface area (Å²) in [6.45, 7) is 4.10. The summed E-state index contributed by atoms with van der Waals surface area (Å²) in [6, 6.07) is 0. The standard InChI is InChI=1S/C10H20O2/c1-7-6-9(8(2)11)4-5-10(7)12-3/h7-11H,4-6H2,1-3H3. The molecule has 0 aromatic rings. The predicted octanol–water partition coefficient (Wildman–Crippen LogP) is 1.82. The number of methoxy groups -OCH3 is 1. The summed E-state index contributed by atoms with van der Waals surface area (Å²) in [6.07, 6.45) is 3.59. The molecular weight excluding hydrogens is 152 g/mol. The van der Waals surface area contributed by atoms with Gasteiger partial charge in [-0.3, -0.25) is 0 Å². The molecule has 0 saturated heterocycles. The van der Waals surface area contributed by atoms with Crippen LogP contribution in [0.4, 0.5) is 0 Å². The quantitative estimate of drug-likeness (QED) is 0.688. The van der Waals surface area contributed by atoms with E-state index in [1.165, 1.54) is 0 Å². The molecule has 0 heterocycles. The first-order valence-corrected chi connectivity index (χ1v) is 4.86. The van der Waals surface area contributed by atoms with Crippen molar-refractivity contribution in [3.63, 3.8) is 0 Å². The third-order valence-corrected chi connectivity index (χ3v) is 3.12. The minimum atomic E-state index is -0.148. The fourth-order valence-electron chi connectivity index (χ4n) is 2.20. The number of aliphatic hydroxyl groups excluding tert-OH is 1. The van der Waals surface area contributed by atoms with Crippen LogP contribution >= 0.6 is 0 Å². The number of hydrogen-bond acceptors (Lipinski definition) is 2. The SMILES string of the molecule is COC1CCC(C(C)O)CC1C. The molecule has 0 aliphatic heterocycles. The molecule has 0 spiro atoms. The van der Waals surface area contributed by atoms with Gasteiger partial charge in [0.1, 0.15) is 0 Å². The summed E-state index contributed by atoms with van der Waals surface area (Å²) in [5.41, 5.74) is 0. The molecule has 1 rings (SSSR count). The molecular formula is C10H20O2. The van der Waals surface area contributed by atoms with Crippen molar-refractivity contribution in [1.29, 1.82) is 0 Å². The number of ether oxygens (including phenoxy) is 1. The Hall–Kier alpha value is -0.0800. The lowest BCUT2D eigenvalue weighted by atomic mass is 9.78. The van der Waals surface area contributed by atoms with Crippen molar-refractivity contribution >= 4 is 0 Å². The normalized spacial score (nSPS) is 39.5. The van der Waals surface area contributed by atoms with Crippen LogP contribution in [-0.2, 0) is 4.74 Å². The monoisotopic (exact) mass is 172 g/mol. The van der Waals surface area contributed by atoms with Crippen molar-refractivity contribution in [3.8, 4) is 0 Å². The maximum Gasteiger partial charge on any atom is 0.0597 e. The van der Waals surface area contributed by atoms with E-state index in [4.69, 9.17) is 4.74 Å². The van der Waals surface area contributed by atoms with Crippen molar-refractivity contribution in [2.75, 3.05) is 7.11 Å². The molecule has 1 N–H and O–H groups in total. The molecule has 2 nitrogen and oxygen atoms in total. The van der Waals surface area contributed by atoms with Gasteiger partial charge in [0, 0.05) is 7.11 Å². The molecule has 12 heavy (non-hydrogen) atoms. The Balaban J connectivity index is 2.40. The van der Waals surface area contributed by atoms with Gasteiger partial charge in [0.15, 0.2) is 0 Å². The Morgan fingerprint density at radius 1 is 1.42 bits per heavy atom. The Labute approximate surface area is 74.9 Å². The second-order valence-electron chi connectivity index (χ2n) is 4.07. The Bertz CT molecular complexity index is 134. The van der Waals surface area contributed by atoms with Gasteiger partial charge in [-0.05, 0) is 38.0 Å². The van der Waals surface area contributed by atoms with Crippen molar-refractivity contribution < 1.29 is 9.84 Å². The molecule has 0 aromatic carbocycles. The first-order valence-electron chi connectivity index (χ1n) is 4.86. The van der Waals surface area contributed by atoms with Gasteiger partial charge in [-0.25, -0.2) is 0 Å². The van der Waals surface area contributed by atoms with Gasteiger partial charge in [0.05, 0.1) is 12.2 Å². The summed E-state index contributed by atoms with van der Waals surface area (Å²) < 4.78 is 5.35. The molecule has 2 heteroatoms. The second kappa shape index (κ2) is 4.24. The largest absolute Gasteiger partial charge is 0.393 e. The fraction of sp³-hybridized carbons (Fsp3) is 1.00.